The highest BCUT2D eigenvalue weighted by molar-refractivity contribution is 6.74. The summed E-state index contributed by atoms with van der Waals surface area (Å²) >= 11 is 0. The van der Waals surface area contributed by atoms with Gasteiger partial charge in [0.25, 0.3) is 0 Å². The minimum absolute atomic E-state index is 0.114. The number of aliphatic carboxylic acids is 1. The Morgan fingerprint density at radius 1 is 1.00 bits per heavy atom. The molecule has 0 radical (unpaired) electrons. The number of carbonyl (C=O) groups is 1. The van der Waals surface area contributed by atoms with Gasteiger partial charge in [-0.05, 0) is 50.2 Å². The van der Waals surface area contributed by atoms with Gasteiger partial charge in [0.05, 0.1) is 12.2 Å². The number of unbranched alkanes of at least 4 members (excludes halogenated alkanes) is 4. The van der Waals surface area contributed by atoms with Crippen molar-refractivity contribution in [2.24, 2.45) is 0 Å². The smallest absolute Gasteiger partial charge is 0.303 e. The van der Waals surface area contributed by atoms with Crippen molar-refractivity contribution in [3.05, 3.63) is 24.3 Å². The molecule has 2 N–H and O–H groups in total. The van der Waals surface area contributed by atoms with E-state index in [0.717, 1.165) is 51.4 Å². The fraction of sp³-hybridized carbons (Fsp3) is 0.792. The first-order chi connectivity index (χ1) is 13.5. The summed E-state index contributed by atoms with van der Waals surface area (Å²) in [5.41, 5.74) is 0. The van der Waals surface area contributed by atoms with Crippen LogP contribution in [0.1, 0.15) is 91.9 Å². The lowest BCUT2D eigenvalue weighted by atomic mass is 10.0. The summed E-state index contributed by atoms with van der Waals surface area (Å²) in [6, 6.07) is 0. The number of aliphatic hydroxyl groups excluding tert-OH is 1. The van der Waals surface area contributed by atoms with Crippen LogP contribution in [0.25, 0.3) is 0 Å². The Morgan fingerprint density at radius 2 is 1.59 bits per heavy atom. The maximum Gasteiger partial charge on any atom is 0.303 e. The van der Waals surface area contributed by atoms with E-state index in [2.05, 4.69) is 65.1 Å². The van der Waals surface area contributed by atoms with Crippen molar-refractivity contribution in [2.45, 2.75) is 122 Å². The van der Waals surface area contributed by atoms with Crippen molar-refractivity contribution >= 4 is 14.3 Å². The van der Waals surface area contributed by atoms with Gasteiger partial charge in [-0.25, -0.2) is 0 Å². The second-order valence-electron chi connectivity index (χ2n) is 9.51. The molecule has 0 bridgehead atoms. The third-order valence-electron chi connectivity index (χ3n) is 5.78. The number of rotatable bonds is 16. The molecule has 0 saturated heterocycles. The lowest BCUT2D eigenvalue weighted by Crippen LogP contribution is -2.47. The molecule has 0 amide bonds. The maximum atomic E-state index is 10.8. The van der Waals surface area contributed by atoms with Crippen LogP contribution in [0.15, 0.2) is 24.3 Å². The highest BCUT2D eigenvalue weighted by Crippen LogP contribution is 2.38. The largest absolute Gasteiger partial charge is 0.481 e. The third kappa shape index (κ3) is 13.8. The number of carboxylic acids is 1. The zero-order valence-corrected chi connectivity index (χ0v) is 20.7. The van der Waals surface area contributed by atoms with Gasteiger partial charge >= 0.3 is 5.97 Å². The Labute approximate surface area is 180 Å². The molecule has 0 aromatic carbocycles. The van der Waals surface area contributed by atoms with Gasteiger partial charge in [0.2, 0.25) is 0 Å². The minimum atomic E-state index is -1.95. The SMILES string of the molecule is CC/C=C\C/C=C\CC(O)C(CCCCCCCC(=O)O)O[Si](C)(C)C(C)(C)C. The van der Waals surface area contributed by atoms with E-state index in [0.29, 0.717) is 6.42 Å². The molecule has 2 unspecified atom stereocenters. The molecule has 0 aliphatic carbocycles. The fourth-order valence-electron chi connectivity index (χ4n) is 2.86. The summed E-state index contributed by atoms with van der Waals surface area (Å²) in [7, 11) is -1.95. The molecule has 0 aliphatic heterocycles. The van der Waals surface area contributed by atoms with Gasteiger partial charge in [0, 0.05) is 6.42 Å². The summed E-state index contributed by atoms with van der Waals surface area (Å²) in [5.74, 6) is -0.714. The average Bonchev–Trinajstić information content (AvgIpc) is 2.61. The zero-order chi connectivity index (χ0) is 22.3. The Hall–Kier alpha value is -0.913. The van der Waals surface area contributed by atoms with Crippen molar-refractivity contribution in [2.75, 3.05) is 0 Å². The monoisotopic (exact) mass is 426 g/mol. The Morgan fingerprint density at radius 3 is 2.17 bits per heavy atom. The van der Waals surface area contributed by atoms with E-state index in [-0.39, 0.29) is 17.6 Å². The molecule has 0 aromatic rings. The molecule has 29 heavy (non-hydrogen) atoms. The van der Waals surface area contributed by atoms with Gasteiger partial charge < -0.3 is 14.6 Å². The molecule has 0 rings (SSSR count). The molecular formula is C24H46O4Si. The zero-order valence-electron chi connectivity index (χ0n) is 19.7. The first-order valence-electron chi connectivity index (χ1n) is 11.4. The molecule has 5 heteroatoms. The Kier molecular flexibility index (Phi) is 14.5. The lowest BCUT2D eigenvalue weighted by molar-refractivity contribution is -0.137. The molecule has 4 nitrogen and oxygen atoms in total. The Balaban J connectivity index is 4.64. The van der Waals surface area contributed by atoms with Crippen LogP contribution < -0.4 is 0 Å². The van der Waals surface area contributed by atoms with Crippen LogP contribution in [0.5, 0.6) is 0 Å². The number of allylic oxidation sites excluding steroid dienone is 3. The minimum Gasteiger partial charge on any atom is -0.481 e. The molecule has 170 valence electrons. The summed E-state index contributed by atoms with van der Waals surface area (Å²) in [5, 5.41) is 19.6. The van der Waals surface area contributed by atoms with E-state index in [1.54, 1.807) is 0 Å². The summed E-state index contributed by atoms with van der Waals surface area (Å²) < 4.78 is 6.58. The molecule has 2 atom stereocenters. The average molecular weight is 427 g/mol. The predicted molar refractivity (Wildman–Crippen MR) is 126 cm³/mol. The highest BCUT2D eigenvalue weighted by atomic mass is 28.4. The van der Waals surface area contributed by atoms with Crippen molar-refractivity contribution in [3.8, 4) is 0 Å². The van der Waals surface area contributed by atoms with E-state index in [9.17, 15) is 9.90 Å². The van der Waals surface area contributed by atoms with E-state index in [1.807, 2.05) is 0 Å². The van der Waals surface area contributed by atoms with Crippen molar-refractivity contribution in [3.63, 3.8) is 0 Å². The van der Waals surface area contributed by atoms with Crippen molar-refractivity contribution in [1.82, 2.24) is 0 Å². The third-order valence-corrected chi connectivity index (χ3v) is 10.3. The van der Waals surface area contributed by atoms with Crippen LogP contribution in [0, 0.1) is 0 Å². The molecular weight excluding hydrogens is 380 g/mol. The van der Waals surface area contributed by atoms with E-state index in [4.69, 9.17) is 9.53 Å². The van der Waals surface area contributed by atoms with E-state index < -0.39 is 20.4 Å². The van der Waals surface area contributed by atoms with E-state index >= 15 is 0 Å². The van der Waals surface area contributed by atoms with Crippen molar-refractivity contribution in [1.29, 1.82) is 0 Å². The molecule has 0 fully saturated rings. The highest BCUT2D eigenvalue weighted by Gasteiger charge is 2.40. The van der Waals surface area contributed by atoms with Crippen molar-refractivity contribution < 1.29 is 19.4 Å². The number of aliphatic hydroxyl groups is 1. The van der Waals surface area contributed by atoms with Crippen LogP contribution in [0.3, 0.4) is 0 Å². The number of hydrogen-bond acceptors (Lipinski definition) is 3. The second-order valence-corrected chi connectivity index (χ2v) is 14.3. The molecule has 0 heterocycles. The summed E-state index contributed by atoms with van der Waals surface area (Å²) in [6.07, 6.45) is 16.4. The molecule has 0 aliphatic rings. The van der Waals surface area contributed by atoms with Gasteiger partial charge in [-0.1, -0.05) is 77.7 Å². The van der Waals surface area contributed by atoms with Crippen LogP contribution in [0.4, 0.5) is 0 Å². The van der Waals surface area contributed by atoms with Gasteiger partial charge in [-0.3, -0.25) is 4.79 Å². The summed E-state index contributed by atoms with van der Waals surface area (Å²) in [6.45, 7) is 13.3. The summed E-state index contributed by atoms with van der Waals surface area (Å²) in [4.78, 5) is 10.6. The predicted octanol–water partition coefficient (Wildman–Crippen LogP) is 6.86. The lowest BCUT2D eigenvalue weighted by Gasteiger charge is -2.40. The number of hydrogen-bond donors (Lipinski definition) is 2. The van der Waals surface area contributed by atoms with Gasteiger partial charge in [0.1, 0.15) is 0 Å². The molecule has 0 spiro atoms. The second kappa shape index (κ2) is 15.0. The first kappa shape index (κ1) is 28.1. The Bertz CT molecular complexity index is 492. The maximum absolute atomic E-state index is 10.8. The van der Waals surface area contributed by atoms with Gasteiger partial charge in [-0.15, -0.1) is 0 Å². The van der Waals surface area contributed by atoms with Crippen LogP contribution in [-0.4, -0.2) is 36.7 Å². The number of carboxylic acid groups (broad SMARTS) is 1. The van der Waals surface area contributed by atoms with E-state index in [1.165, 1.54) is 0 Å². The molecule has 0 saturated carbocycles. The fourth-order valence-corrected chi connectivity index (χ4v) is 4.25. The quantitative estimate of drug-likeness (QED) is 0.161. The van der Waals surface area contributed by atoms with Crippen LogP contribution in [-0.2, 0) is 9.22 Å². The normalized spacial score (nSPS) is 15.3. The first-order valence-corrected chi connectivity index (χ1v) is 14.3. The van der Waals surface area contributed by atoms with Crippen LogP contribution >= 0.6 is 0 Å². The van der Waals surface area contributed by atoms with Gasteiger partial charge in [-0.2, -0.15) is 0 Å². The topological polar surface area (TPSA) is 66.8 Å². The van der Waals surface area contributed by atoms with Crippen LogP contribution in [0.2, 0.25) is 18.1 Å². The van der Waals surface area contributed by atoms with Gasteiger partial charge in [0.15, 0.2) is 8.32 Å². The standard InChI is InChI=1S/C24H46O4Si/c1-7-8-9-10-12-15-18-21(25)22(28-29(5,6)24(2,3)4)19-16-13-11-14-17-20-23(26)27/h8-9,12,15,21-22,25H,7,10-11,13-14,16-20H2,1-6H3,(H,26,27)/b9-8-,15-12-. The molecule has 0 aromatic heterocycles.